The molecule has 0 fully saturated rings. The maximum absolute atomic E-state index is 5.89. The maximum atomic E-state index is 5.89. The van der Waals surface area contributed by atoms with E-state index < -0.39 is 0 Å². The van der Waals surface area contributed by atoms with Crippen LogP contribution in [-0.4, -0.2) is 19.9 Å². The third kappa shape index (κ3) is 2.41. The smallest absolute Gasteiger partial charge is 0.251 e. The molecule has 0 N–H and O–H groups in total. The van der Waals surface area contributed by atoms with Gasteiger partial charge in [0.15, 0.2) is 0 Å². The van der Waals surface area contributed by atoms with Gasteiger partial charge in [0.25, 0.3) is 5.89 Å². The molecular formula is C12H11ClN4OS. The fourth-order valence-electron chi connectivity index (χ4n) is 1.84. The Labute approximate surface area is 118 Å². The number of aromatic nitrogens is 4. The first-order valence-electron chi connectivity index (χ1n) is 5.85. The average Bonchev–Trinajstić information content (AvgIpc) is 3.10. The van der Waals surface area contributed by atoms with E-state index >= 15 is 0 Å². The van der Waals surface area contributed by atoms with Crippen LogP contribution in [0, 0.1) is 0 Å². The van der Waals surface area contributed by atoms with Crippen LogP contribution in [0.25, 0.3) is 10.7 Å². The Morgan fingerprint density at radius 2 is 2.42 bits per heavy atom. The van der Waals surface area contributed by atoms with Crippen LogP contribution in [0.15, 0.2) is 34.4 Å². The molecular weight excluding hydrogens is 284 g/mol. The van der Waals surface area contributed by atoms with Gasteiger partial charge in [-0.25, -0.2) is 0 Å². The minimum absolute atomic E-state index is 0.0892. The van der Waals surface area contributed by atoms with Crippen LogP contribution in [0.5, 0.6) is 0 Å². The lowest BCUT2D eigenvalue weighted by molar-refractivity contribution is 0.322. The molecule has 5 nitrogen and oxygen atoms in total. The first-order chi connectivity index (χ1) is 9.28. The summed E-state index contributed by atoms with van der Waals surface area (Å²) in [5.41, 5.74) is 0. The second kappa shape index (κ2) is 5.14. The molecule has 19 heavy (non-hydrogen) atoms. The van der Waals surface area contributed by atoms with Gasteiger partial charge in [0.2, 0.25) is 5.82 Å². The summed E-state index contributed by atoms with van der Waals surface area (Å²) in [5.74, 6) is 1.16. The van der Waals surface area contributed by atoms with Gasteiger partial charge >= 0.3 is 0 Å². The molecule has 3 aromatic heterocycles. The average molecular weight is 295 g/mol. The van der Waals surface area contributed by atoms with E-state index in [-0.39, 0.29) is 6.04 Å². The first kappa shape index (κ1) is 12.4. The highest BCUT2D eigenvalue weighted by atomic mass is 35.5. The number of rotatable bonds is 4. The quantitative estimate of drug-likeness (QED) is 0.737. The van der Waals surface area contributed by atoms with E-state index in [0.717, 1.165) is 11.3 Å². The molecule has 0 aliphatic rings. The van der Waals surface area contributed by atoms with E-state index in [1.165, 1.54) is 0 Å². The van der Waals surface area contributed by atoms with Crippen molar-refractivity contribution in [1.82, 2.24) is 19.9 Å². The molecule has 0 spiro atoms. The largest absolute Gasteiger partial charge is 0.337 e. The van der Waals surface area contributed by atoms with Crippen molar-refractivity contribution in [2.75, 3.05) is 0 Å². The Kier molecular flexibility index (Phi) is 3.35. The minimum Gasteiger partial charge on any atom is -0.337 e. The fraction of sp³-hybridized carbons (Fsp3) is 0.250. The Hall–Kier alpha value is -1.66. The molecule has 1 unspecified atom stereocenters. The van der Waals surface area contributed by atoms with E-state index in [0.29, 0.717) is 16.7 Å². The summed E-state index contributed by atoms with van der Waals surface area (Å²) in [5, 5.41) is 10.8. The molecule has 0 saturated heterocycles. The number of hydrogen-bond donors (Lipinski definition) is 0. The standard InChI is InChI=1S/C12H11ClN4OS/c1-2-9(17-7-8(13)6-14-17)12-15-11(16-18-12)10-4-3-5-19-10/h3-7,9H,2H2,1H3. The summed E-state index contributed by atoms with van der Waals surface area (Å²) in [6.45, 7) is 2.04. The fourth-order valence-corrected chi connectivity index (χ4v) is 2.63. The topological polar surface area (TPSA) is 56.7 Å². The molecule has 0 aromatic carbocycles. The van der Waals surface area contributed by atoms with Gasteiger partial charge in [-0.15, -0.1) is 11.3 Å². The second-order valence-corrected chi connectivity index (χ2v) is 5.38. The van der Waals surface area contributed by atoms with Crippen molar-refractivity contribution < 1.29 is 4.52 Å². The summed E-state index contributed by atoms with van der Waals surface area (Å²) in [4.78, 5) is 5.43. The predicted molar refractivity (Wildman–Crippen MR) is 73.3 cm³/mol. The van der Waals surface area contributed by atoms with Crippen molar-refractivity contribution in [2.24, 2.45) is 0 Å². The van der Waals surface area contributed by atoms with Crippen LogP contribution in [0.4, 0.5) is 0 Å². The van der Waals surface area contributed by atoms with Gasteiger partial charge in [-0.3, -0.25) is 4.68 Å². The van der Waals surface area contributed by atoms with Crippen LogP contribution in [0.2, 0.25) is 5.02 Å². The number of thiophene rings is 1. The van der Waals surface area contributed by atoms with Crippen molar-refractivity contribution in [3.63, 3.8) is 0 Å². The van der Waals surface area contributed by atoms with Gasteiger partial charge in [-0.05, 0) is 17.9 Å². The van der Waals surface area contributed by atoms with Gasteiger partial charge in [0.1, 0.15) is 6.04 Å². The lowest BCUT2D eigenvalue weighted by Gasteiger charge is -2.09. The molecule has 98 valence electrons. The monoisotopic (exact) mass is 294 g/mol. The Morgan fingerprint density at radius 3 is 3.05 bits per heavy atom. The van der Waals surface area contributed by atoms with E-state index in [9.17, 15) is 0 Å². The molecule has 0 aliphatic heterocycles. The summed E-state index contributed by atoms with van der Waals surface area (Å²) >= 11 is 7.47. The van der Waals surface area contributed by atoms with Gasteiger partial charge < -0.3 is 4.52 Å². The zero-order valence-electron chi connectivity index (χ0n) is 10.2. The number of hydrogen-bond acceptors (Lipinski definition) is 5. The number of nitrogens with zero attached hydrogens (tertiary/aromatic N) is 4. The van der Waals surface area contributed by atoms with Crippen molar-refractivity contribution >= 4 is 22.9 Å². The van der Waals surface area contributed by atoms with Gasteiger partial charge in [0.05, 0.1) is 16.1 Å². The molecule has 0 bridgehead atoms. The lowest BCUT2D eigenvalue weighted by Crippen LogP contribution is -2.10. The summed E-state index contributed by atoms with van der Waals surface area (Å²) in [6, 6.07) is 3.83. The summed E-state index contributed by atoms with van der Waals surface area (Å²) in [6.07, 6.45) is 4.15. The Morgan fingerprint density at radius 1 is 1.53 bits per heavy atom. The van der Waals surface area contributed by atoms with Crippen LogP contribution >= 0.6 is 22.9 Å². The normalized spacial score (nSPS) is 12.7. The van der Waals surface area contributed by atoms with Crippen LogP contribution < -0.4 is 0 Å². The molecule has 0 amide bonds. The highest BCUT2D eigenvalue weighted by Gasteiger charge is 2.20. The number of halogens is 1. The van der Waals surface area contributed by atoms with E-state index in [2.05, 4.69) is 15.2 Å². The summed E-state index contributed by atoms with van der Waals surface area (Å²) in [7, 11) is 0. The molecule has 0 aliphatic carbocycles. The molecule has 0 saturated carbocycles. The minimum atomic E-state index is -0.0892. The zero-order chi connectivity index (χ0) is 13.2. The van der Waals surface area contributed by atoms with Gasteiger partial charge in [-0.2, -0.15) is 10.1 Å². The van der Waals surface area contributed by atoms with Gasteiger partial charge in [0, 0.05) is 6.20 Å². The first-order valence-corrected chi connectivity index (χ1v) is 7.11. The zero-order valence-corrected chi connectivity index (χ0v) is 11.7. The molecule has 7 heteroatoms. The van der Waals surface area contributed by atoms with Gasteiger partial charge in [-0.1, -0.05) is 29.7 Å². The van der Waals surface area contributed by atoms with E-state index in [1.807, 2.05) is 24.4 Å². The summed E-state index contributed by atoms with van der Waals surface area (Å²) < 4.78 is 7.09. The van der Waals surface area contributed by atoms with Crippen LogP contribution in [0.1, 0.15) is 25.3 Å². The molecule has 1 atom stereocenters. The Bertz CT molecular complexity index is 661. The highest BCUT2D eigenvalue weighted by Crippen LogP contribution is 2.26. The molecule has 3 heterocycles. The van der Waals surface area contributed by atoms with Crippen LogP contribution in [-0.2, 0) is 0 Å². The molecule has 0 radical (unpaired) electrons. The third-order valence-corrected chi connectivity index (χ3v) is 3.81. The van der Waals surface area contributed by atoms with E-state index in [1.54, 1.807) is 28.4 Å². The van der Waals surface area contributed by atoms with Crippen molar-refractivity contribution in [1.29, 1.82) is 0 Å². The molecule has 3 aromatic rings. The third-order valence-electron chi connectivity index (χ3n) is 2.74. The predicted octanol–water partition coefficient (Wildman–Crippen LogP) is 3.65. The second-order valence-electron chi connectivity index (χ2n) is 4.00. The Balaban J connectivity index is 1.92. The van der Waals surface area contributed by atoms with Crippen molar-refractivity contribution in [2.45, 2.75) is 19.4 Å². The van der Waals surface area contributed by atoms with Crippen LogP contribution in [0.3, 0.4) is 0 Å². The van der Waals surface area contributed by atoms with E-state index in [4.69, 9.17) is 16.1 Å². The maximum Gasteiger partial charge on any atom is 0.251 e. The van der Waals surface area contributed by atoms with Crippen molar-refractivity contribution in [3.8, 4) is 10.7 Å². The lowest BCUT2D eigenvalue weighted by atomic mass is 10.2. The SMILES string of the molecule is CCC(c1nc(-c2cccs2)no1)n1cc(Cl)cn1. The molecule has 3 rings (SSSR count). The highest BCUT2D eigenvalue weighted by molar-refractivity contribution is 7.13. The van der Waals surface area contributed by atoms with Crippen molar-refractivity contribution in [3.05, 3.63) is 40.8 Å².